The molecular weight excluding hydrogens is 209 g/mol. The zero-order chi connectivity index (χ0) is 11.3. The summed E-state index contributed by atoms with van der Waals surface area (Å²) in [6, 6.07) is 0. The predicted molar refractivity (Wildman–Crippen MR) is 60.1 cm³/mol. The Balaban J connectivity index is 1.62. The van der Waals surface area contributed by atoms with Crippen LogP contribution in [-0.4, -0.2) is 38.3 Å². The van der Waals surface area contributed by atoms with Crippen LogP contribution in [0.1, 0.15) is 38.5 Å². The number of hydrogen-bond donors (Lipinski definition) is 1. The summed E-state index contributed by atoms with van der Waals surface area (Å²) in [5, 5.41) is 3.01. The van der Waals surface area contributed by atoms with E-state index in [-0.39, 0.29) is 0 Å². The van der Waals surface area contributed by atoms with Gasteiger partial charge in [0.05, 0.1) is 25.9 Å². The molecule has 1 heterocycles. The fourth-order valence-electron chi connectivity index (χ4n) is 2.40. The zero-order valence-electron chi connectivity index (χ0n) is 9.84. The standard InChI is InChI=1S/C12H22FNO2/c13-12(10-14-7-9-16-12)6-8-15-11-4-2-1-3-5-11/h11,14H,1-10H2. The molecule has 0 aromatic rings. The summed E-state index contributed by atoms with van der Waals surface area (Å²) in [5.74, 6) is -1.51. The first-order chi connectivity index (χ1) is 7.79. The molecule has 0 amide bonds. The molecular formula is C12H22FNO2. The van der Waals surface area contributed by atoms with Crippen LogP contribution in [0.3, 0.4) is 0 Å². The van der Waals surface area contributed by atoms with Crippen molar-refractivity contribution < 1.29 is 13.9 Å². The molecule has 1 saturated carbocycles. The first kappa shape index (κ1) is 12.3. The molecule has 94 valence electrons. The Bertz CT molecular complexity index is 201. The normalized spacial score (nSPS) is 32.8. The minimum Gasteiger partial charge on any atom is -0.378 e. The summed E-state index contributed by atoms with van der Waals surface area (Å²) in [5.41, 5.74) is 0. The minimum atomic E-state index is -1.51. The third kappa shape index (κ3) is 3.68. The second-order valence-electron chi connectivity index (χ2n) is 4.79. The Labute approximate surface area is 96.7 Å². The van der Waals surface area contributed by atoms with E-state index in [0.29, 0.717) is 32.3 Å². The van der Waals surface area contributed by atoms with Gasteiger partial charge in [0, 0.05) is 13.0 Å². The lowest BCUT2D eigenvalue weighted by Gasteiger charge is -2.31. The van der Waals surface area contributed by atoms with Crippen molar-refractivity contribution in [1.82, 2.24) is 5.32 Å². The maximum atomic E-state index is 14.0. The highest BCUT2D eigenvalue weighted by molar-refractivity contribution is 4.75. The van der Waals surface area contributed by atoms with Crippen LogP contribution >= 0.6 is 0 Å². The lowest BCUT2D eigenvalue weighted by molar-refractivity contribution is -0.173. The van der Waals surface area contributed by atoms with E-state index >= 15 is 0 Å². The van der Waals surface area contributed by atoms with Gasteiger partial charge in [0.1, 0.15) is 0 Å². The average Bonchev–Trinajstić information content (AvgIpc) is 2.31. The Kier molecular flexibility index (Phi) is 4.55. The van der Waals surface area contributed by atoms with Crippen LogP contribution in [0.5, 0.6) is 0 Å². The summed E-state index contributed by atoms with van der Waals surface area (Å²) < 4.78 is 24.8. The predicted octanol–water partition coefficient (Wildman–Crippen LogP) is 2.01. The number of hydrogen-bond acceptors (Lipinski definition) is 3. The van der Waals surface area contributed by atoms with Crippen molar-refractivity contribution in [3.05, 3.63) is 0 Å². The van der Waals surface area contributed by atoms with Crippen LogP contribution < -0.4 is 5.32 Å². The number of ether oxygens (including phenoxy) is 2. The smallest absolute Gasteiger partial charge is 0.224 e. The number of rotatable bonds is 4. The summed E-state index contributed by atoms with van der Waals surface area (Å²) in [7, 11) is 0. The van der Waals surface area contributed by atoms with E-state index < -0.39 is 5.85 Å². The van der Waals surface area contributed by atoms with Crippen LogP contribution in [0, 0.1) is 0 Å². The molecule has 1 saturated heterocycles. The highest BCUT2D eigenvalue weighted by atomic mass is 19.2. The molecule has 4 heteroatoms. The third-order valence-corrected chi connectivity index (χ3v) is 3.41. The first-order valence-electron chi connectivity index (χ1n) is 6.44. The van der Waals surface area contributed by atoms with E-state index in [0.717, 1.165) is 19.4 Å². The first-order valence-corrected chi connectivity index (χ1v) is 6.44. The average molecular weight is 231 g/mol. The molecule has 0 radical (unpaired) electrons. The fraction of sp³-hybridized carbons (Fsp3) is 1.00. The number of nitrogens with one attached hydrogen (secondary N) is 1. The molecule has 1 unspecified atom stereocenters. The van der Waals surface area contributed by atoms with Crippen molar-refractivity contribution in [3.8, 4) is 0 Å². The molecule has 1 aliphatic heterocycles. The molecule has 1 N–H and O–H groups in total. The van der Waals surface area contributed by atoms with Crippen molar-refractivity contribution >= 4 is 0 Å². The maximum absolute atomic E-state index is 14.0. The van der Waals surface area contributed by atoms with Gasteiger partial charge < -0.3 is 14.8 Å². The lowest BCUT2D eigenvalue weighted by atomic mass is 9.98. The Morgan fingerprint density at radius 2 is 2.12 bits per heavy atom. The van der Waals surface area contributed by atoms with Gasteiger partial charge in [-0.2, -0.15) is 0 Å². The highest BCUT2D eigenvalue weighted by Gasteiger charge is 2.32. The third-order valence-electron chi connectivity index (χ3n) is 3.41. The highest BCUT2D eigenvalue weighted by Crippen LogP contribution is 2.23. The van der Waals surface area contributed by atoms with Gasteiger partial charge in [0.2, 0.25) is 5.85 Å². The summed E-state index contributed by atoms with van der Waals surface area (Å²) in [6.45, 7) is 1.97. The van der Waals surface area contributed by atoms with E-state index in [2.05, 4.69) is 5.32 Å². The van der Waals surface area contributed by atoms with Gasteiger partial charge in [0.25, 0.3) is 0 Å². The molecule has 0 spiro atoms. The van der Waals surface area contributed by atoms with Gasteiger partial charge in [-0.05, 0) is 12.8 Å². The van der Waals surface area contributed by atoms with Crippen molar-refractivity contribution in [3.63, 3.8) is 0 Å². The van der Waals surface area contributed by atoms with Crippen LogP contribution in [-0.2, 0) is 9.47 Å². The molecule has 0 aromatic carbocycles. The molecule has 1 atom stereocenters. The molecule has 0 aromatic heterocycles. The van der Waals surface area contributed by atoms with Crippen molar-refractivity contribution in [2.75, 3.05) is 26.3 Å². The topological polar surface area (TPSA) is 30.5 Å². The van der Waals surface area contributed by atoms with Crippen LogP contribution in [0.25, 0.3) is 0 Å². The molecule has 3 nitrogen and oxygen atoms in total. The van der Waals surface area contributed by atoms with Gasteiger partial charge in [-0.1, -0.05) is 19.3 Å². The Morgan fingerprint density at radius 3 is 2.81 bits per heavy atom. The molecule has 0 bridgehead atoms. The van der Waals surface area contributed by atoms with Gasteiger partial charge in [-0.15, -0.1) is 0 Å². The molecule has 16 heavy (non-hydrogen) atoms. The minimum absolute atomic E-state index is 0.293. The Hall–Kier alpha value is -0.190. The Morgan fingerprint density at radius 1 is 1.31 bits per heavy atom. The van der Waals surface area contributed by atoms with E-state index in [1.54, 1.807) is 0 Å². The molecule has 2 aliphatic rings. The van der Waals surface area contributed by atoms with Gasteiger partial charge in [-0.25, -0.2) is 4.39 Å². The second-order valence-corrected chi connectivity index (χ2v) is 4.79. The summed E-state index contributed by atoms with van der Waals surface area (Å²) in [6.07, 6.45) is 6.80. The second kappa shape index (κ2) is 5.94. The monoisotopic (exact) mass is 231 g/mol. The maximum Gasteiger partial charge on any atom is 0.224 e. The van der Waals surface area contributed by atoms with Crippen molar-refractivity contribution in [2.45, 2.75) is 50.5 Å². The number of morpholine rings is 1. The largest absolute Gasteiger partial charge is 0.378 e. The zero-order valence-corrected chi connectivity index (χ0v) is 9.84. The van der Waals surface area contributed by atoms with Crippen molar-refractivity contribution in [2.24, 2.45) is 0 Å². The quantitative estimate of drug-likeness (QED) is 0.803. The van der Waals surface area contributed by atoms with Gasteiger partial charge in [-0.3, -0.25) is 0 Å². The van der Waals surface area contributed by atoms with E-state index in [4.69, 9.17) is 9.47 Å². The summed E-state index contributed by atoms with van der Waals surface area (Å²) in [4.78, 5) is 0. The molecule has 1 aliphatic carbocycles. The summed E-state index contributed by atoms with van der Waals surface area (Å²) >= 11 is 0. The van der Waals surface area contributed by atoms with E-state index in [1.807, 2.05) is 0 Å². The fourth-order valence-corrected chi connectivity index (χ4v) is 2.40. The van der Waals surface area contributed by atoms with E-state index in [9.17, 15) is 4.39 Å². The molecule has 2 fully saturated rings. The van der Waals surface area contributed by atoms with Crippen LogP contribution in [0.15, 0.2) is 0 Å². The number of alkyl halides is 1. The van der Waals surface area contributed by atoms with Crippen LogP contribution in [0.4, 0.5) is 4.39 Å². The number of halogens is 1. The lowest BCUT2D eigenvalue weighted by Crippen LogP contribution is -2.47. The van der Waals surface area contributed by atoms with Crippen molar-refractivity contribution in [1.29, 1.82) is 0 Å². The molecule has 2 rings (SSSR count). The SMILES string of the molecule is FC1(CCOC2CCCCC2)CNCCO1. The van der Waals surface area contributed by atoms with E-state index in [1.165, 1.54) is 19.3 Å². The van der Waals surface area contributed by atoms with Crippen LogP contribution in [0.2, 0.25) is 0 Å². The van der Waals surface area contributed by atoms with Gasteiger partial charge >= 0.3 is 0 Å². The van der Waals surface area contributed by atoms with Gasteiger partial charge in [0.15, 0.2) is 0 Å².